The fourth-order valence-corrected chi connectivity index (χ4v) is 2.04. The zero-order valence-electron chi connectivity index (χ0n) is 11.8. The van der Waals surface area contributed by atoms with E-state index in [-0.39, 0.29) is 17.8 Å². The summed E-state index contributed by atoms with van der Waals surface area (Å²) < 4.78 is 15.9. The van der Waals surface area contributed by atoms with Crippen LogP contribution in [0.15, 0.2) is 18.2 Å². The van der Waals surface area contributed by atoms with Crippen molar-refractivity contribution in [3.63, 3.8) is 0 Å². The predicted molar refractivity (Wildman–Crippen MR) is 74.8 cm³/mol. The molecule has 0 unspecified atom stereocenters. The Balaban J connectivity index is 2.51. The van der Waals surface area contributed by atoms with Gasteiger partial charge < -0.3 is 10.3 Å². The second kappa shape index (κ2) is 5.96. The van der Waals surface area contributed by atoms with E-state index in [1.165, 1.54) is 12.1 Å². The minimum absolute atomic E-state index is 0.174. The Bertz CT molecular complexity index is 669. The summed E-state index contributed by atoms with van der Waals surface area (Å²) >= 11 is 0. The standard InChI is InChI=1S/C13H16FN5O2/c1-8(2)7-18-12(6-15)16-17-13(18)10-4-3-9(19(20)21)5-11(10)14/h3-5,8H,6-7,15H2,1-2H3. The second-order valence-corrected chi connectivity index (χ2v) is 5.07. The Morgan fingerprint density at radius 2 is 2.14 bits per heavy atom. The van der Waals surface area contributed by atoms with E-state index in [1.807, 2.05) is 13.8 Å². The van der Waals surface area contributed by atoms with Gasteiger partial charge in [0.15, 0.2) is 5.82 Å². The molecule has 21 heavy (non-hydrogen) atoms. The summed E-state index contributed by atoms with van der Waals surface area (Å²) in [5.41, 5.74) is 5.49. The number of hydrogen-bond donors (Lipinski definition) is 1. The molecule has 112 valence electrons. The van der Waals surface area contributed by atoms with Crippen LogP contribution in [0.5, 0.6) is 0 Å². The SMILES string of the molecule is CC(C)Cn1c(CN)nnc1-c1ccc([N+](=O)[O-])cc1F. The third-order valence-corrected chi connectivity index (χ3v) is 2.96. The summed E-state index contributed by atoms with van der Waals surface area (Å²) in [6.07, 6.45) is 0. The lowest BCUT2D eigenvalue weighted by molar-refractivity contribution is -0.385. The first-order chi connectivity index (χ1) is 9.93. The van der Waals surface area contributed by atoms with Crippen molar-refractivity contribution in [1.82, 2.24) is 14.8 Å². The van der Waals surface area contributed by atoms with E-state index in [4.69, 9.17) is 5.73 Å². The molecule has 2 N–H and O–H groups in total. The molecule has 0 atom stereocenters. The average molecular weight is 293 g/mol. The van der Waals surface area contributed by atoms with Gasteiger partial charge in [0.2, 0.25) is 0 Å². The van der Waals surface area contributed by atoms with E-state index in [1.54, 1.807) is 4.57 Å². The van der Waals surface area contributed by atoms with Crippen LogP contribution in [0.1, 0.15) is 19.7 Å². The molecule has 1 aromatic heterocycles. The van der Waals surface area contributed by atoms with E-state index < -0.39 is 10.7 Å². The maximum atomic E-state index is 14.1. The molecule has 0 spiro atoms. The smallest absolute Gasteiger partial charge is 0.272 e. The highest BCUT2D eigenvalue weighted by molar-refractivity contribution is 5.59. The van der Waals surface area contributed by atoms with Crippen LogP contribution in [0.3, 0.4) is 0 Å². The number of nitro groups is 1. The Hall–Kier alpha value is -2.35. The van der Waals surface area contributed by atoms with Crippen molar-refractivity contribution in [2.45, 2.75) is 26.9 Å². The molecular weight excluding hydrogens is 277 g/mol. The molecule has 1 aromatic carbocycles. The zero-order valence-corrected chi connectivity index (χ0v) is 11.8. The van der Waals surface area contributed by atoms with Crippen LogP contribution in [0.4, 0.5) is 10.1 Å². The maximum Gasteiger partial charge on any atom is 0.272 e. The average Bonchev–Trinajstić information content (AvgIpc) is 2.80. The van der Waals surface area contributed by atoms with Crippen LogP contribution in [0, 0.1) is 21.8 Å². The van der Waals surface area contributed by atoms with Gasteiger partial charge in [-0.05, 0) is 12.0 Å². The second-order valence-electron chi connectivity index (χ2n) is 5.07. The summed E-state index contributed by atoms with van der Waals surface area (Å²) in [4.78, 5) is 10.0. The van der Waals surface area contributed by atoms with Crippen LogP contribution in [0.25, 0.3) is 11.4 Å². The molecule has 0 aliphatic heterocycles. The first-order valence-corrected chi connectivity index (χ1v) is 6.50. The lowest BCUT2D eigenvalue weighted by Gasteiger charge is -2.12. The molecule has 2 rings (SSSR count). The van der Waals surface area contributed by atoms with Crippen LogP contribution >= 0.6 is 0 Å². The molecule has 2 aromatic rings. The van der Waals surface area contributed by atoms with Gasteiger partial charge in [-0.1, -0.05) is 13.8 Å². The molecule has 1 heterocycles. The van der Waals surface area contributed by atoms with Gasteiger partial charge in [-0.15, -0.1) is 10.2 Å². The van der Waals surface area contributed by atoms with E-state index in [2.05, 4.69) is 10.2 Å². The van der Waals surface area contributed by atoms with E-state index in [0.717, 1.165) is 6.07 Å². The van der Waals surface area contributed by atoms with Gasteiger partial charge in [-0.3, -0.25) is 10.1 Å². The third kappa shape index (κ3) is 3.05. The highest BCUT2D eigenvalue weighted by Gasteiger charge is 2.19. The zero-order chi connectivity index (χ0) is 15.6. The van der Waals surface area contributed by atoms with Gasteiger partial charge in [-0.25, -0.2) is 4.39 Å². The molecule has 0 aliphatic rings. The largest absolute Gasteiger partial charge is 0.324 e. The summed E-state index contributed by atoms with van der Waals surface area (Å²) in [6, 6.07) is 3.47. The molecule has 0 amide bonds. The van der Waals surface area contributed by atoms with Gasteiger partial charge in [-0.2, -0.15) is 0 Å². The number of aromatic nitrogens is 3. The quantitative estimate of drug-likeness (QED) is 0.672. The van der Waals surface area contributed by atoms with Crippen molar-refractivity contribution in [1.29, 1.82) is 0 Å². The van der Waals surface area contributed by atoms with Crippen LogP contribution in [-0.4, -0.2) is 19.7 Å². The van der Waals surface area contributed by atoms with Crippen LogP contribution < -0.4 is 5.73 Å². The van der Waals surface area contributed by atoms with Crippen molar-refractivity contribution in [2.75, 3.05) is 0 Å². The highest BCUT2D eigenvalue weighted by Crippen LogP contribution is 2.26. The summed E-state index contributed by atoms with van der Waals surface area (Å²) in [5.74, 6) is 0.476. The molecular formula is C13H16FN5O2. The van der Waals surface area contributed by atoms with Crippen molar-refractivity contribution in [3.05, 3.63) is 40.0 Å². The summed E-state index contributed by atoms with van der Waals surface area (Å²) in [6.45, 7) is 4.80. The van der Waals surface area contributed by atoms with E-state index in [9.17, 15) is 14.5 Å². The van der Waals surface area contributed by atoms with Gasteiger partial charge in [0, 0.05) is 12.6 Å². The number of nitrogens with two attached hydrogens (primary N) is 1. The number of non-ortho nitro benzene ring substituents is 1. The normalized spacial score (nSPS) is 11.1. The van der Waals surface area contributed by atoms with Gasteiger partial charge >= 0.3 is 0 Å². The molecule has 0 saturated heterocycles. The molecule has 0 bridgehead atoms. The fraction of sp³-hybridized carbons (Fsp3) is 0.385. The number of hydrogen-bond acceptors (Lipinski definition) is 5. The Labute approximate surface area is 120 Å². The molecule has 0 aliphatic carbocycles. The Morgan fingerprint density at radius 1 is 1.43 bits per heavy atom. The Morgan fingerprint density at radius 3 is 2.67 bits per heavy atom. The van der Waals surface area contributed by atoms with Crippen molar-refractivity contribution < 1.29 is 9.31 Å². The first-order valence-electron chi connectivity index (χ1n) is 6.50. The van der Waals surface area contributed by atoms with E-state index in [0.29, 0.717) is 24.1 Å². The van der Waals surface area contributed by atoms with Crippen LogP contribution in [-0.2, 0) is 13.1 Å². The predicted octanol–water partition coefficient (Wildman–Crippen LogP) is 2.11. The highest BCUT2D eigenvalue weighted by atomic mass is 19.1. The number of nitrogens with zero attached hydrogens (tertiary/aromatic N) is 4. The van der Waals surface area contributed by atoms with Gasteiger partial charge in [0.1, 0.15) is 11.6 Å². The molecule has 8 heteroatoms. The van der Waals surface area contributed by atoms with Gasteiger partial charge in [0.05, 0.1) is 23.1 Å². The number of rotatable bonds is 5. The fourth-order valence-electron chi connectivity index (χ4n) is 2.04. The molecule has 0 fully saturated rings. The summed E-state index contributed by atoms with van der Waals surface area (Å²) in [7, 11) is 0. The minimum Gasteiger partial charge on any atom is -0.324 e. The first kappa shape index (κ1) is 15.0. The maximum absolute atomic E-state index is 14.1. The number of halogens is 1. The molecule has 0 saturated carbocycles. The van der Waals surface area contributed by atoms with Crippen molar-refractivity contribution in [3.8, 4) is 11.4 Å². The lowest BCUT2D eigenvalue weighted by Crippen LogP contribution is -2.13. The van der Waals surface area contributed by atoms with E-state index >= 15 is 0 Å². The van der Waals surface area contributed by atoms with Crippen molar-refractivity contribution in [2.24, 2.45) is 11.7 Å². The number of nitro benzene ring substituents is 1. The van der Waals surface area contributed by atoms with Gasteiger partial charge in [0.25, 0.3) is 5.69 Å². The number of benzene rings is 1. The molecule has 0 radical (unpaired) electrons. The molecule has 7 nitrogen and oxygen atoms in total. The monoisotopic (exact) mass is 293 g/mol. The lowest BCUT2D eigenvalue weighted by atomic mass is 10.1. The Kier molecular flexibility index (Phi) is 4.27. The minimum atomic E-state index is -0.704. The van der Waals surface area contributed by atoms with Crippen LogP contribution in [0.2, 0.25) is 0 Å². The van der Waals surface area contributed by atoms with Crippen molar-refractivity contribution >= 4 is 5.69 Å². The third-order valence-electron chi connectivity index (χ3n) is 2.96. The summed E-state index contributed by atoms with van der Waals surface area (Å²) in [5, 5.41) is 18.6. The topological polar surface area (TPSA) is 99.9 Å².